The summed E-state index contributed by atoms with van der Waals surface area (Å²) in [4.78, 5) is 12.7. The number of thiophene rings is 2. The van der Waals surface area contributed by atoms with Gasteiger partial charge >= 0.3 is 0 Å². The highest BCUT2D eigenvalue weighted by Crippen LogP contribution is 2.50. The first-order valence-corrected chi connectivity index (χ1v) is 18.1. The summed E-state index contributed by atoms with van der Waals surface area (Å²) in [6, 6.07) is 40.3. The maximum atomic E-state index is 3.78. The number of aromatic nitrogens is 2. The molecule has 220 valence electrons. The molecular formula is C34H30N6S4. The van der Waals surface area contributed by atoms with E-state index in [1.54, 1.807) is 24.3 Å². The summed E-state index contributed by atoms with van der Waals surface area (Å²) >= 11 is 7.14. The molecule has 0 bridgehead atoms. The first-order chi connectivity index (χ1) is 21.8. The standard InChI is InChI=1S/C34H30N6S4/c1-3-7-19(8-4-1)21-11-13-23(35-21)25-15-17-27(41-25)29-31-33(39-43-37-31)30(34-32(29)38-44-40-34)28-18-16-26(42-28)24-14-12-22(36-24)20-9-5-2-6-10-20/h1-18,29-40H. The molecular weight excluding hydrogens is 621 g/mol. The molecule has 2 aliphatic heterocycles. The lowest BCUT2D eigenvalue weighted by Gasteiger charge is -2.44. The molecule has 6 heterocycles. The van der Waals surface area contributed by atoms with Crippen LogP contribution in [0, 0.1) is 0 Å². The van der Waals surface area contributed by atoms with Gasteiger partial charge in [-0.05, 0) is 59.7 Å². The van der Waals surface area contributed by atoms with Crippen molar-refractivity contribution in [2.45, 2.75) is 36.0 Å². The summed E-state index contributed by atoms with van der Waals surface area (Å²) in [6.07, 6.45) is 0. The van der Waals surface area contributed by atoms with Crippen LogP contribution < -0.4 is 18.9 Å². The van der Waals surface area contributed by atoms with Crippen LogP contribution in [0.1, 0.15) is 21.6 Å². The molecule has 3 aliphatic rings. The van der Waals surface area contributed by atoms with Gasteiger partial charge in [0, 0.05) is 81.4 Å². The summed E-state index contributed by atoms with van der Waals surface area (Å²) in [5, 5.41) is 0. The first-order valence-electron chi connectivity index (χ1n) is 14.8. The van der Waals surface area contributed by atoms with Crippen molar-refractivity contribution in [3.63, 3.8) is 0 Å². The van der Waals surface area contributed by atoms with E-state index in [9.17, 15) is 0 Å². The van der Waals surface area contributed by atoms with Crippen LogP contribution in [0.3, 0.4) is 0 Å². The molecule has 4 unspecified atom stereocenters. The Morgan fingerprint density at radius 2 is 0.773 bits per heavy atom. The van der Waals surface area contributed by atoms with Crippen LogP contribution in [0.4, 0.5) is 0 Å². The predicted molar refractivity (Wildman–Crippen MR) is 187 cm³/mol. The monoisotopic (exact) mass is 650 g/mol. The predicted octanol–water partition coefficient (Wildman–Crippen LogP) is 8.00. The minimum absolute atomic E-state index is 0.301. The fraction of sp³-hybridized carbons (Fsp3) is 0.176. The van der Waals surface area contributed by atoms with E-state index in [4.69, 9.17) is 0 Å². The molecule has 44 heavy (non-hydrogen) atoms. The lowest BCUT2D eigenvalue weighted by atomic mass is 9.68. The molecule has 10 heteroatoms. The van der Waals surface area contributed by atoms with Crippen molar-refractivity contribution in [3.05, 3.63) is 119 Å². The average molecular weight is 651 g/mol. The Bertz CT molecular complexity index is 1730. The summed E-state index contributed by atoms with van der Waals surface area (Å²) < 4.78 is 15.1. The van der Waals surface area contributed by atoms with Crippen molar-refractivity contribution in [2.75, 3.05) is 0 Å². The number of benzene rings is 2. The molecule has 6 aromatic rings. The topological polar surface area (TPSA) is 79.7 Å². The largest absolute Gasteiger partial charge is 0.354 e. The summed E-state index contributed by atoms with van der Waals surface area (Å²) in [5.74, 6) is 0.676. The minimum Gasteiger partial charge on any atom is -0.354 e. The normalized spacial score (nSPS) is 26.1. The Labute approximate surface area is 273 Å². The van der Waals surface area contributed by atoms with Gasteiger partial charge in [0.25, 0.3) is 0 Å². The molecule has 0 amide bonds. The molecule has 2 aromatic carbocycles. The highest BCUT2D eigenvalue weighted by molar-refractivity contribution is 7.96. The van der Waals surface area contributed by atoms with E-state index in [-0.39, 0.29) is 0 Å². The number of aromatic amines is 2. The maximum absolute atomic E-state index is 3.78. The highest BCUT2D eigenvalue weighted by Gasteiger charge is 2.56. The smallest absolute Gasteiger partial charge is 0.0560 e. The van der Waals surface area contributed by atoms with Crippen molar-refractivity contribution in [1.29, 1.82) is 0 Å². The number of hydrogen-bond acceptors (Lipinski definition) is 8. The Hall–Kier alpha value is -3.06. The van der Waals surface area contributed by atoms with Gasteiger partial charge in [-0.3, -0.25) is 0 Å². The van der Waals surface area contributed by atoms with E-state index in [0.717, 1.165) is 11.4 Å². The van der Waals surface area contributed by atoms with Gasteiger partial charge in [-0.1, -0.05) is 60.7 Å². The highest BCUT2D eigenvalue weighted by atomic mass is 32.2. The third-order valence-corrected chi connectivity index (χ3v) is 13.1. The second-order valence-corrected chi connectivity index (χ2v) is 15.1. The van der Waals surface area contributed by atoms with E-state index < -0.39 is 0 Å². The number of H-pyrrole nitrogens is 2. The number of rotatable bonds is 6. The van der Waals surface area contributed by atoms with E-state index >= 15 is 0 Å². The fourth-order valence-corrected chi connectivity index (χ4v) is 11.2. The van der Waals surface area contributed by atoms with Gasteiger partial charge in [0.15, 0.2) is 0 Å². The Morgan fingerprint density at radius 3 is 1.18 bits per heavy atom. The van der Waals surface area contributed by atoms with Crippen LogP contribution in [0.15, 0.2) is 109 Å². The van der Waals surface area contributed by atoms with Crippen LogP contribution in [0.2, 0.25) is 0 Å². The SMILES string of the molecule is c1ccc(-c2ccc(-c3ccc(C4C5NSNC5C(c5ccc(-c6ccc(-c7ccccc7)[nH]6)s5)C5NSNC54)s3)[nH]2)cc1. The molecule has 0 radical (unpaired) electrons. The van der Waals surface area contributed by atoms with E-state index in [0.29, 0.717) is 36.0 Å². The number of fused-ring (bicyclic) bond motifs is 2. The Morgan fingerprint density at radius 1 is 0.386 bits per heavy atom. The Balaban J connectivity index is 0.999. The number of nitrogens with one attached hydrogen (secondary N) is 6. The number of hydrogen-bond donors (Lipinski definition) is 6. The van der Waals surface area contributed by atoms with E-state index in [1.165, 1.54) is 42.0 Å². The molecule has 4 aromatic heterocycles. The van der Waals surface area contributed by atoms with Crippen molar-refractivity contribution in [3.8, 4) is 43.7 Å². The average Bonchev–Trinajstić information content (AvgIpc) is 3.91. The van der Waals surface area contributed by atoms with Crippen molar-refractivity contribution >= 4 is 46.9 Å². The molecule has 1 saturated carbocycles. The van der Waals surface area contributed by atoms with Crippen LogP contribution in [-0.2, 0) is 0 Å². The van der Waals surface area contributed by atoms with E-state index in [1.807, 2.05) is 22.7 Å². The molecule has 3 fully saturated rings. The van der Waals surface area contributed by atoms with Crippen LogP contribution in [0.5, 0.6) is 0 Å². The molecule has 9 rings (SSSR count). The van der Waals surface area contributed by atoms with Gasteiger partial charge < -0.3 is 9.97 Å². The van der Waals surface area contributed by atoms with Crippen molar-refractivity contribution in [1.82, 2.24) is 28.9 Å². The van der Waals surface area contributed by atoms with Gasteiger partial charge in [-0.15, -0.1) is 22.7 Å². The first kappa shape index (κ1) is 27.3. The van der Waals surface area contributed by atoms with Crippen LogP contribution in [-0.4, -0.2) is 34.1 Å². The quantitative estimate of drug-likeness (QED) is 0.103. The van der Waals surface area contributed by atoms with Crippen LogP contribution >= 0.6 is 46.9 Å². The van der Waals surface area contributed by atoms with E-state index in [2.05, 4.69) is 138 Å². The fourth-order valence-electron chi connectivity index (χ4n) is 6.98. The Kier molecular flexibility index (Phi) is 7.05. The summed E-state index contributed by atoms with van der Waals surface area (Å²) in [6.45, 7) is 0. The second-order valence-electron chi connectivity index (χ2n) is 11.5. The second kappa shape index (κ2) is 11.4. The molecule has 2 saturated heterocycles. The zero-order chi connectivity index (χ0) is 29.0. The third-order valence-electron chi connectivity index (χ3n) is 9.08. The summed E-state index contributed by atoms with van der Waals surface area (Å²) in [7, 11) is 0. The zero-order valence-electron chi connectivity index (χ0n) is 23.5. The molecule has 4 atom stereocenters. The summed E-state index contributed by atoms with van der Waals surface area (Å²) in [5.41, 5.74) is 7.07. The molecule has 6 nitrogen and oxygen atoms in total. The molecule has 6 N–H and O–H groups in total. The van der Waals surface area contributed by atoms with Crippen LogP contribution in [0.25, 0.3) is 43.7 Å². The van der Waals surface area contributed by atoms with Gasteiger partial charge in [-0.2, -0.15) is 0 Å². The van der Waals surface area contributed by atoms with Gasteiger partial charge in [0.1, 0.15) is 0 Å². The third kappa shape index (κ3) is 4.72. The molecule has 0 spiro atoms. The molecule has 1 aliphatic carbocycles. The van der Waals surface area contributed by atoms with Gasteiger partial charge in [0.05, 0.1) is 21.1 Å². The maximum Gasteiger partial charge on any atom is 0.0560 e. The lowest BCUT2D eigenvalue weighted by Crippen LogP contribution is -2.61. The van der Waals surface area contributed by atoms with Crippen molar-refractivity contribution in [2.24, 2.45) is 0 Å². The zero-order valence-corrected chi connectivity index (χ0v) is 26.8. The minimum atomic E-state index is 0.301. The van der Waals surface area contributed by atoms with Crippen molar-refractivity contribution < 1.29 is 0 Å². The van der Waals surface area contributed by atoms with Gasteiger partial charge in [-0.25, -0.2) is 18.9 Å². The van der Waals surface area contributed by atoms with Gasteiger partial charge in [0.2, 0.25) is 0 Å². The lowest BCUT2D eigenvalue weighted by molar-refractivity contribution is 0.227.